The number of carbonyl (C=O) groups is 2. The second-order valence-corrected chi connectivity index (χ2v) is 6.83. The molecule has 1 unspecified atom stereocenters. The van der Waals surface area contributed by atoms with Crippen LogP contribution in [-0.2, 0) is 14.3 Å². The quantitative estimate of drug-likeness (QED) is 0.361. The predicted octanol–water partition coefficient (Wildman–Crippen LogP) is 3.51. The van der Waals surface area contributed by atoms with Crippen LogP contribution in [0.1, 0.15) is 18.5 Å². The molecule has 1 amide bonds. The molecule has 2 aromatic rings. The van der Waals surface area contributed by atoms with Crippen LogP contribution >= 0.6 is 0 Å². The Bertz CT molecular complexity index is 1200. The molecule has 0 fully saturated rings. The second kappa shape index (κ2) is 9.77. The summed E-state index contributed by atoms with van der Waals surface area (Å²) in [5, 5.41) is 21.9. The van der Waals surface area contributed by atoms with Crippen LogP contribution < -0.4 is 4.74 Å². The van der Waals surface area contributed by atoms with Crippen molar-refractivity contribution in [3.8, 4) is 5.75 Å². The molecule has 0 N–H and O–H groups in total. The van der Waals surface area contributed by atoms with E-state index >= 15 is 0 Å². The molecular formula is C21H18N4O9. The molecule has 176 valence electrons. The summed E-state index contributed by atoms with van der Waals surface area (Å²) in [6.07, 6.45) is -1.02. The molecule has 0 radical (unpaired) electrons. The van der Waals surface area contributed by atoms with Gasteiger partial charge in [-0.05, 0) is 36.8 Å². The van der Waals surface area contributed by atoms with Gasteiger partial charge in [-0.25, -0.2) is 19.5 Å². The average molecular weight is 470 g/mol. The number of allylic oxidation sites excluding steroid dienone is 1. The molecule has 1 aliphatic rings. The van der Waals surface area contributed by atoms with Crippen LogP contribution in [0.3, 0.4) is 0 Å². The number of methoxy groups -OCH3 is 2. The third kappa shape index (κ3) is 4.67. The smallest absolute Gasteiger partial charge is 0.424 e. The van der Waals surface area contributed by atoms with Gasteiger partial charge in [0.2, 0.25) is 0 Å². The number of nitrogens with zero attached hydrogens (tertiary/aromatic N) is 4. The number of nitro benzene ring substituents is 2. The van der Waals surface area contributed by atoms with E-state index in [1.54, 1.807) is 0 Å². The first-order chi connectivity index (χ1) is 16.2. The van der Waals surface area contributed by atoms with Crippen LogP contribution in [0, 0.1) is 20.2 Å². The molecule has 0 aliphatic carbocycles. The minimum atomic E-state index is -1.16. The van der Waals surface area contributed by atoms with Gasteiger partial charge in [-0.1, -0.05) is 0 Å². The first kappa shape index (κ1) is 23.8. The molecule has 13 nitrogen and oxygen atoms in total. The zero-order chi connectivity index (χ0) is 25.0. The Balaban J connectivity index is 2.07. The molecule has 1 atom stereocenters. The number of amides is 1. The number of carbonyl (C=O) groups excluding carboxylic acids is 2. The van der Waals surface area contributed by atoms with Gasteiger partial charge < -0.3 is 14.2 Å². The summed E-state index contributed by atoms with van der Waals surface area (Å²) in [5.74, 6) is -0.799. The Hall–Kier alpha value is -4.81. The molecule has 0 spiro atoms. The topological polar surface area (TPSA) is 164 Å². The first-order valence-electron chi connectivity index (χ1n) is 9.59. The number of amidine groups is 1. The van der Waals surface area contributed by atoms with Crippen molar-refractivity contribution in [2.45, 2.75) is 13.0 Å². The summed E-state index contributed by atoms with van der Waals surface area (Å²) < 4.78 is 15.5. The van der Waals surface area contributed by atoms with E-state index in [0.717, 1.165) is 24.1 Å². The van der Waals surface area contributed by atoms with E-state index in [0.29, 0.717) is 5.56 Å². The fraction of sp³-hybridized carbons (Fsp3) is 0.190. The fourth-order valence-corrected chi connectivity index (χ4v) is 3.27. The van der Waals surface area contributed by atoms with E-state index in [9.17, 15) is 29.8 Å². The Morgan fingerprint density at radius 2 is 1.47 bits per heavy atom. The van der Waals surface area contributed by atoms with Crippen molar-refractivity contribution in [3.63, 3.8) is 0 Å². The van der Waals surface area contributed by atoms with Crippen molar-refractivity contribution < 1.29 is 33.6 Å². The number of nitro groups is 2. The maximum Gasteiger partial charge on any atom is 0.424 e. The zero-order valence-corrected chi connectivity index (χ0v) is 18.2. The third-order valence-corrected chi connectivity index (χ3v) is 4.85. The van der Waals surface area contributed by atoms with E-state index < -0.39 is 28.0 Å². The number of rotatable bonds is 5. The molecule has 1 aliphatic heterocycles. The van der Waals surface area contributed by atoms with Gasteiger partial charge in [0.05, 0.1) is 35.3 Å². The Morgan fingerprint density at radius 3 is 1.94 bits per heavy atom. The number of non-ortho nitro benzene ring substituents is 2. The number of benzene rings is 2. The minimum Gasteiger partial charge on any atom is -0.468 e. The van der Waals surface area contributed by atoms with E-state index in [-0.39, 0.29) is 34.4 Å². The normalized spacial score (nSPS) is 15.3. The van der Waals surface area contributed by atoms with Crippen LogP contribution in [-0.4, -0.2) is 47.1 Å². The van der Waals surface area contributed by atoms with Crippen molar-refractivity contribution in [1.29, 1.82) is 0 Å². The molecule has 13 heteroatoms. The van der Waals surface area contributed by atoms with Crippen LogP contribution in [0.4, 0.5) is 16.2 Å². The van der Waals surface area contributed by atoms with Crippen molar-refractivity contribution in [2.24, 2.45) is 4.99 Å². The van der Waals surface area contributed by atoms with Gasteiger partial charge in [-0.2, -0.15) is 0 Å². The molecule has 0 saturated carbocycles. The predicted molar refractivity (Wildman–Crippen MR) is 116 cm³/mol. The Morgan fingerprint density at radius 1 is 0.941 bits per heavy atom. The molecular weight excluding hydrogens is 452 g/mol. The highest BCUT2D eigenvalue weighted by Crippen LogP contribution is 2.37. The van der Waals surface area contributed by atoms with Gasteiger partial charge in [0.15, 0.2) is 0 Å². The number of hydrogen-bond acceptors (Lipinski definition) is 10. The monoisotopic (exact) mass is 470 g/mol. The minimum absolute atomic E-state index is 0.0144. The maximum absolute atomic E-state index is 13.2. The Kier molecular flexibility index (Phi) is 6.85. The van der Waals surface area contributed by atoms with Gasteiger partial charge in [0.1, 0.15) is 11.8 Å². The molecule has 0 aromatic heterocycles. The van der Waals surface area contributed by atoms with E-state index in [1.165, 1.54) is 50.4 Å². The molecule has 0 saturated heterocycles. The summed E-state index contributed by atoms with van der Waals surface area (Å²) in [4.78, 5) is 51.6. The molecule has 1 heterocycles. The summed E-state index contributed by atoms with van der Waals surface area (Å²) in [7, 11) is 2.42. The van der Waals surface area contributed by atoms with E-state index in [1.807, 2.05) is 0 Å². The van der Waals surface area contributed by atoms with Crippen LogP contribution in [0.5, 0.6) is 5.75 Å². The maximum atomic E-state index is 13.2. The highest BCUT2D eigenvalue weighted by atomic mass is 16.6. The summed E-state index contributed by atoms with van der Waals surface area (Å²) in [6.45, 7) is 1.52. The van der Waals surface area contributed by atoms with E-state index in [2.05, 4.69) is 4.99 Å². The van der Waals surface area contributed by atoms with Gasteiger partial charge in [-0.15, -0.1) is 0 Å². The lowest BCUT2D eigenvalue weighted by Crippen LogP contribution is -2.46. The van der Waals surface area contributed by atoms with Crippen LogP contribution in [0.2, 0.25) is 0 Å². The standard InChI is InChI=1S/C21H18N4O9/c1-12-17(19(26)32-2)18(13-4-6-14(7-5-13)24(28)29)23(20(22-12)33-3)21(27)34-16-10-8-15(9-11-16)25(30)31/h4-11,18H,1-3H3. The molecule has 3 rings (SSSR count). The number of esters is 1. The largest absolute Gasteiger partial charge is 0.468 e. The van der Waals surface area contributed by atoms with Crippen molar-refractivity contribution >= 4 is 29.5 Å². The summed E-state index contributed by atoms with van der Waals surface area (Å²) in [6, 6.07) is 8.60. The van der Waals surface area contributed by atoms with Crippen LogP contribution in [0.25, 0.3) is 0 Å². The summed E-state index contributed by atoms with van der Waals surface area (Å²) >= 11 is 0. The number of hydrogen-bond donors (Lipinski definition) is 0. The van der Waals surface area contributed by atoms with Gasteiger partial charge in [-0.3, -0.25) is 20.2 Å². The third-order valence-electron chi connectivity index (χ3n) is 4.85. The Labute approximate surface area is 192 Å². The summed E-state index contributed by atoms with van der Waals surface area (Å²) in [5.41, 5.74) is 0.104. The number of ether oxygens (including phenoxy) is 3. The zero-order valence-electron chi connectivity index (χ0n) is 18.2. The first-order valence-corrected chi connectivity index (χ1v) is 9.59. The van der Waals surface area contributed by atoms with E-state index in [4.69, 9.17) is 14.2 Å². The van der Waals surface area contributed by atoms with Crippen molar-refractivity contribution in [1.82, 2.24) is 4.90 Å². The SMILES string of the molecule is COC(=O)C1=C(C)N=C(OC)N(C(=O)Oc2ccc([N+](=O)[O-])cc2)C1c1ccc([N+](=O)[O-])cc1. The molecule has 2 aromatic carbocycles. The molecule has 0 bridgehead atoms. The van der Waals surface area contributed by atoms with Crippen LogP contribution in [0.15, 0.2) is 64.8 Å². The van der Waals surface area contributed by atoms with Crippen molar-refractivity contribution in [2.75, 3.05) is 14.2 Å². The molecule has 34 heavy (non-hydrogen) atoms. The number of aliphatic imine (C=N–C) groups is 1. The second-order valence-electron chi connectivity index (χ2n) is 6.83. The lowest BCUT2D eigenvalue weighted by Gasteiger charge is -2.34. The highest BCUT2D eigenvalue weighted by Gasteiger charge is 2.42. The lowest BCUT2D eigenvalue weighted by molar-refractivity contribution is -0.385. The lowest BCUT2D eigenvalue weighted by atomic mass is 9.94. The van der Waals surface area contributed by atoms with Gasteiger partial charge >= 0.3 is 18.1 Å². The van der Waals surface area contributed by atoms with Crippen molar-refractivity contribution in [3.05, 3.63) is 85.6 Å². The highest BCUT2D eigenvalue weighted by molar-refractivity contribution is 5.99. The average Bonchev–Trinajstić information content (AvgIpc) is 2.83. The van der Waals surface area contributed by atoms with Gasteiger partial charge in [0, 0.05) is 24.3 Å². The van der Waals surface area contributed by atoms with Gasteiger partial charge in [0.25, 0.3) is 11.4 Å². The fourth-order valence-electron chi connectivity index (χ4n) is 3.27.